The summed E-state index contributed by atoms with van der Waals surface area (Å²) in [6, 6.07) is 8.09. The fourth-order valence-electron chi connectivity index (χ4n) is 2.45. The van der Waals surface area contributed by atoms with Crippen LogP contribution in [0.25, 0.3) is 0 Å². The van der Waals surface area contributed by atoms with Crippen molar-refractivity contribution in [1.29, 1.82) is 0 Å². The number of aryl methyl sites for hydroxylation is 3. The summed E-state index contributed by atoms with van der Waals surface area (Å²) in [6.45, 7) is 4.51. The van der Waals surface area contributed by atoms with Gasteiger partial charge in [0.1, 0.15) is 5.69 Å². The number of nitrogens with zero attached hydrogens (tertiary/aromatic N) is 3. The van der Waals surface area contributed by atoms with E-state index in [0.717, 1.165) is 12.0 Å². The molecule has 1 heterocycles. The highest BCUT2D eigenvalue weighted by atomic mass is 16.6. The number of hydrogen-bond donors (Lipinski definition) is 1. The van der Waals surface area contributed by atoms with E-state index in [4.69, 9.17) is 0 Å². The molecular formula is C15H20N4O2. The Bertz CT molecular complexity index is 649. The smallest absolute Gasteiger partial charge is 0.333 e. The van der Waals surface area contributed by atoms with E-state index in [1.54, 1.807) is 11.7 Å². The van der Waals surface area contributed by atoms with E-state index in [0.29, 0.717) is 24.5 Å². The van der Waals surface area contributed by atoms with Gasteiger partial charge in [-0.05, 0) is 24.0 Å². The second-order valence-corrected chi connectivity index (χ2v) is 4.85. The molecule has 0 spiro atoms. The van der Waals surface area contributed by atoms with Crippen molar-refractivity contribution in [3.8, 4) is 0 Å². The lowest BCUT2D eigenvalue weighted by Gasteiger charge is -2.10. The molecule has 0 unspecified atom stereocenters. The molecule has 0 aliphatic heterocycles. The van der Waals surface area contributed by atoms with Crippen LogP contribution in [0.5, 0.6) is 0 Å². The molecule has 0 saturated carbocycles. The zero-order chi connectivity index (χ0) is 15.4. The SMILES string of the molecule is CCc1ccccc1CNc1c([N+](=O)[O-])c(CC)nn1C. The molecule has 1 aromatic carbocycles. The van der Waals surface area contributed by atoms with Crippen molar-refractivity contribution in [3.05, 3.63) is 51.2 Å². The van der Waals surface area contributed by atoms with Crippen LogP contribution < -0.4 is 5.32 Å². The van der Waals surface area contributed by atoms with Gasteiger partial charge in [0.05, 0.1) is 4.92 Å². The van der Waals surface area contributed by atoms with Gasteiger partial charge in [0.25, 0.3) is 0 Å². The highest BCUT2D eigenvalue weighted by molar-refractivity contribution is 5.60. The van der Waals surface area contributed by atoms with E-state index in [-0.39, 0.29) is 10.6 Å². The van der Waals surface area contributed by atoms with Crippen LogP contribution in [0.15, 0.2) is 24.3 Å². The molecule has 2 rings (SSSR count). The summed E-state index contributed by atoms with van der Waals surface area (Å²) in [7, 11) is 1.72. The summed E-state index contributed by atoms with van der Waals surface area (Å²) in [4.78, 5) is 10.9. The summed E-state index contributed by atoms with van der Waals surface area (Å²) >= 11 is 0. The maximum Gasteiger partial charge on any atom is 0.333 e. The number of aromatic nitrogens is 2. The van der Waals surface area contributed by atoms with Crippen LogP contribution in [0.1, 0.15) is 30.7 Å². The average molecular weight is 288 g/mol. The maximum absolute atomic E-state index is 11.3. The molecule has 112 valence electrons. The van der Waals surface area contributed by atoms with Crippen molar-refractivity contribution in [2.24, 2.45) is 7.05 Å². The molecule has 21 heavy (non-hydrogen) atoms. The third-order valence-corrected chi connectivity index (χ3v) is 3.56. The number of benzene rings is 1. The van der Waals surface area contributed by atoms with Crippen molar-refractivity contribution in [2.45, 2.75) is 33.2 Å². The Morgan fingerprint density at radius 3 is 2.48 bits per heavy atom. The number of hydrogen-bond acceptors (Lipinski definition) is 4. The first-order valence-corrected chi connectivity index (χ1v) is 7.09. The highest BCUT2D eigenvalue weighted by Crippen LogP contribution is 2.29. The zero-order valence-corrected chi connectivity index (χ0v) is 12.6. The minimum atomic E-state index is -0.361. The molecule has 0 amide bonds. The van der Waals surface area contributed by atoms with Gasteiger partial charge in [-0.25, -0.2) is 4.68 Å². The third kappa shape index (κ3) is 3.04. The van der Waals surface area contributed by atoms with Gasteiger partial charge in [-0.2, -0.15) is 5.10 Å². The molecule has 1 N–H and O–H groups in total. The fraction of sp³-hybridized carbons (Fsp3) is 0.400. The van der Waals surface area contributed by atoms with E-state index in [2.05, 4.69) is 23.4 Å². The predicted molar refractivity (Wildman–Crippen MR) is 82.4 cm³/mol. The van der Waals surface area contributed by atoms with Gasteiger partial charge in [0.15, 0.2) is 0 Å². The molecule has 0 bridgehead atoms. The molecule has 6 heteroatoms. The van der Waals surface area contributed by atoms with Crippen molar-refractivity contribution in [1.82, 2.24) is 9.78 Å². The molecule has 6 nitrogen and oxygen atoms in total. The normalized spacial score (nSPS) is 10.6. The van der Waals surface area contributed by atoms with E-state index < -0.39 is 0 Å². The van der Waals surface area contributed by atoms with Crippen molar-refractivity contribution < 1.29 is 4.92 Å². The average Bonchev–Trinajstić information content (AvgIpc) is 2.81. The van der Waals surface area contributed by atoms with Gasteiger partial charge in [-0.15, -0.1) is 0 Å². The van der Waals surface area contributed by atoms with Gasteiger partial charge in [-0.1, -0.05) is 38.1 Å². The summed E-state index contributed by atoms with van der Waals surface area (Å²) in [5.74, 6) is 0.461. The number of nitro groups is 1. The van der Waals surface area contributed by atoms with Crippen LogP contribution in [-0.4, -0.2) is 14.7 Å². The van der Waals surface area contributed by atoms with Gasteiger partial charge < -0.3 is 5.32 Å². The number of rotatable bonds is 6. The Balaban J connectivity index is 2.28. The lowest BCUT2D eigenvalue weighted by Crippen LogP contribution is -2.08. The van der Waals surface area contributed by atoms with E-state index in [1.807, 2.05) is 25.1 Å². The fourth-order valence-corrected chi connectivity index (χ4v) is 2.45. The van der Waals surface area contributed by atoms with Crippen LogP contribution in [0, 0.1) is 10.1 Å². The minimum Gasteiger partial charge on any atom is -0.360 e. The van der Waals surface area contributed by atoms with Crippen molar-refractivity contribution >= 4 is 11.5 Å². The van der Waals surface area contributed by atoms with Gasteiger partial charge in [0, 0.05) is 13.6 Å². The molecule has 0 atom stereocenters. The summed E-state index contributed by atoms with van der Waals surface area (Å²) < 4.78 is 1.55. The Hall–Kier alpha value is -2.37. The first-order chi connectivity index (χ1) is 10.1. The summed E-state index contributed by atoms with van der Waals surface area (Å²) in [5.41, 5.74) is 2.97. The molecule has 0 saturated heterocycles. The van der Waals surface area contributed by atoms with Crippen LogP contribution in [0.4, 0.5) is 11.5 Å². The van der Waals surface area contributed by atoms with Crippen LogP contribution in [-0.2, 0) is 26.4 Å². The monoisotopic (exact) mass is 288 g/mol. The summed E-state index contributed by atoms with van der Waals surface area (Å²) in [6.07, 6.45) is 1.48. The lowest BCUT2D eigenvalue weighted by atomic mass is 10.1. The maximum atomic E-state index is 11.3. The first kappa shape index (κ1) is 15.0. The lowest BCUT2D eigenvalue weighted by molar-refractivity contribution is -0.384. The molecule has 0 fully saturated rings. The predicted octanol–water partition coefficient (Wildman–Crippen LogP) is 3.07. The molecular weight excluding hydrogens is 268 g/mol. The molecule has 0 radical (unpaired) electrons. The highest BCUT2D eigenvalue weighted by Gasteiger charge is 2.25. The van der Waals surface area contributed by atoms with E-state index in [9.17, 15) is 10.1 Å². The Morgan fingerprint density at radius 2 is 1.90 bits per heavy atom. The Morgan fingerprint density at radius 1 is 1.24 bits per heavy atom. The third-order valence-electron chi connectivity index (χ3n) is 3.56. The number of anilines is 1. The first-order valence-electron chi connectivity index (χ1n) is 7.09. The van der Waals surface area contributed by atoms with Crippen molar-refractivity contribution in [2.75, 3.05) is 5.32 Å². The topological polar surface area (TPSA) is 73.0 Å². The van der Waals surface area contributed by atoms with Crippen LogP contribution in [0.2, 0.25) is 0 Å². The Labute approximate surface area is 123 Å². The molecule has 0 aliphatic carbocycles. The number of nitrogens with one attached hydrogen (secondary N) is 1. The van der Waals surface area contributed by atoms with Gasteiger partial charge in [-0.3, -0.25) is 10.1 Å². The minimum absolute atomic E-state index is 0.0778. The van der Waals surface area contributed by atoms with Crippen LogP contribution in [0.3, 0.4) is 0 Å². The van der Waals surface area contributed by atoms with E-state index in [1.165, 1.54) is 5.56 Å². The zero-order valence-electron chi connectivity index (χ0n) is 12.6. The second kappa shape index (κ2) is 6.39. The van der Waals surface area contributed by atoms with E-state index >= 15 is 0 Å². The molecule has 2 aromatic rings. The standard InChI is InChI=1S/C15H20N4O2/c1-4-11-8-6-7-9-12(11)10-16-15-14(19(20)21)13(5-2)17-18(15)3/h6-9,16H,4-5,10H2,1-3H3. The second-order valence-electron chi connectivity index (χ2n) is 4.85. The molecule has 0 aliphatic rings. The summed E-state index contributed by atoms with van der Waals surface area (Å²) in [5, 5.41) is 18.6. The van der Waals surface area contributed by atoms with Gasteiger partial charge >= 0.3 is 5.69 Å². The largest absolute Gasteiger partial charge is 0.360 e. The Kier molecular flexibility index (Phi) is 4.57. The molecule has 1 aromatic heterocycles. The van der Waals surface area contributed by atoms with Crippen LogP contribution >= 0.6 is 0 Å². The quantitative estimate of drug-likeness (QED) is 0.655. The van der Waals surface area contributed by atoms with Crippen molar-refractivity contribution in [3.63, 3.8) is 0 Å². The van der Waals surface area contributed by atoms with Gasteiger partial charge in [0.2, 0.25) is 5.82 Å².